The van der Waals surface area contributed by atoms with Crippen LogP contribution in [0.1, 0.15) is 12.8 Å². The van der Waals surface area contributed by atoms with E-state index in [0.29, 0.717) is 23.5 Å². The van der Waals surface area contributed by atoms with Crippen molar-refractivity contribution in [2.75, 3.05) is 41.8 Å². The van der Waals surface area contributed by atoms with Crippen molar-refractivity contribution in [2.24, 2.45) is 0 Å². The molecular weight excluding hydrogens is 408 g/mol. The predicted octanol–water partition coefficient (Wildman–Crippen LogP) is 2.98. The molecule has 10 heteroatoms. The number of aromatic nitrogens is 5. The van der Waals surface area contributed by atoms with Gasteiger partial charge in [-0.2, -0.15) is 15.0 Å². The minimum Gasteiger partial charge on any atom is -0.475 e. The van der Waals surface area contributed by atoms with Gasteiger partial charge in [0.15, 0.2) is 0 Å². The molecule has 1 aliphatic heterocycles. The van der Waals surface area contributed by atoms with Crippen molar-refractivity contribution < 1.29 is 9.84 Å². The third-order valence-corrected chi connectivity index (χ3v) is 5.12. The SMILES string of the molecule is OCCOc1cccc(Nc2nc(Nc3ccn4ccnc4c3)cc(N3CCCC3)n2)n1. The topological polar surface area (TPSA) is 113 Å². The van der Waals surface area contributed by atoms with Crippen LogP contribution in [-0.2, 0) is 0 Å². The average molecular weight is 432 g/mol. The summed E-state index contributed by atoms with van der Waals surface area (Å²) in [6.07, 6.45) is 7.93. The largest absolute Gasteiger partial charge is 0.475 e. The first kappa shape index (κ1) is 20.0. The van der Waals surface area contributed by atoms with Crippen molar-refractivity contribution in [3.8, 4) is 5.88 Å². The minimum absolute atomic E-state index is 0.0695. The molecule has 5 heterocycles. The van der Waals surface area contributed by atoms with Crippen LogP contribution in [0.4, 0.5) is 29.1 Å². The van der Waals surface area contributed by atoms with Crippen molar-refractivity contribution in [3.05, 3.63) is 55.0 Å². The van der Waals surface area contributed by atoms with Crippen LogP contribution >= 0.6 is 0 Å². The number of imidazole rings is 1. The van der Waals surface area contributed by atoms with Gasteiger partial charge >= 0.3 is 0 Å². The Hall–Kier alpha value is -3.92. The van der Waals surface area contributed by atoms with E-state index in [9.17, 15) is 0 Å². The zero-order valence-corrected chi connectivity index (χ0v) is 17.5. The second-order valence-electron chi connectivity index (χ2n) is 7.42. The van der Waals surface area contributed by atoms with Gasteiger partial charge in [-0.05, 0) is 25.0 Å². The van der Waals surface area contributed by atoms with Crippen LogP contribution in [0.5, 0.6) is 5.88 Å². The van der Waals surface area contributed by atoms with Gasteiger partial charge in [-0.15, -0.1) is 0 Å². The van der Waals surface area contributed by atoms with Crippen LogP contribution in [-0.4, -0.2) is 55.7 Å². The number of anilines is 5. The normalized spacial score (nSPS) is 13.5. The highest BCUT2D eigenvalue weighted by atomic mass is 16.5. The summed E-state index contributed by atoms with van der Waals surface area (Å²) in [4.78, 5) is 20.4. The molecule has 1 aliphatic rings. The lowest BCUT2D eigenvalue weighted by molar-refractivity contribution is 0.197. The molecule has 0 spiro atoms. The van der Waals surface area contributed by atoms with Gasteiger partial charge in [0, 0.05) is 55.6 Å². The summed E-state index contributed by atoms with van der Waals surface area (Å²) < 4.78 is 7.35. The fourth-order valence-corrected chi connectivity index (χ4v) is 3.63. The number of fused-ring (bicyclic) bond motifs is 1. The summed E-state index contributed by atoms with van der Waals surface area (Å²) >= 11 is 0. The van der Waals surface area contributed by atoms with Crippen molar-refractivity contribution >= 4 is 34.7 Å². The maximum Gasteiger partial charge on any atom is 0.232 e. The van der Waals surface area contributed by atoms with E-state index >= 15 is 0 Å². The van der Waals surface area contributed by atoms with Crippen molar-refractivity contribution in [3.63, 3.8) is 0 Å². The van der Waals surface area contributed by atoms with Crippen molar-refractivity contribution in [2.45, 2.75) is 12.8 Å². The smallest absolute Gasteiger partial charge is 0.232 e. The quantitative estimate of drug-likeness (QED) is 0.387. The summed E-state index contributed by atoms with van der Waals surface area (Å²) in [6.45, 7) is 2.06. The summed E-state index contributed by atoms with van der Waals surface area (Å²) in [5.74, 6) is 2.95. The third kappa shape index (κ3) is 4.54. The first-order valence-corrected chi connectivity index (χ1v) is 10.6. The lowest BCUT2D eigenvalue weighted by Gasteiger charge is -2.19. The zero-order chi connectivity index (χ0) is 21.8. The molecule has 10 nitrogen and oxygen atoms in total. The summed E-state index contributed by atoms with van der Waals surface area (Å²) in [7, 11) is 0. The maximum atomic E-state index is 8.96. The molecule has 0 aliphatic carbocycles. The molecule has 1 fully saturated rings. The Bertz CT molecular complexity index is 1210. The fourth-order valence-electron chi connectivity index (χ4n) is 3.63. The molecule has 0 atom stereocenters. The van der Waals surface area contributed by atoms with Gasteiger partial charge in [0.1, 0.15) is 29.7 Å². The van der Waals surface area contributed by atoms with Crippen LogP contribution in [0, 0.1) is 0 Å². The zero-order valence-electron chi connectivity index (χ0n) is 17.5. The number of ether oxygens (including phenoxy) is 1. The second-order valence-corrected chi connectivity index (χ2v) is 7.42. The molecule has 164 valence electrons. The number of nitrogens with zero attached hydrogens (tertiary/aromatic N) is 6. The van der Waals surface area contributed by atoms with Gasteiger partial charge < -0.3 is 29.8 Å². The Labute approximate surface area is 184 Å². The van der Waals surface area contributed by atoms with E-state index < -0.39 is 0 Å². The predicted molar refractivity (Wildman–Crippen MR) is 122 cm³/mol. The highest BCUT2D eigenvalue weighted by Crippen LogP contribution is 2.26. The fraction of sp³-hybridized carbons (Fsp3) is 0.273. The number of hydrogen-bond acceptors (Lipinski definition) is 9. The number of rotatable bonds is 8. The highest BCUT2D eigenvalue weighted by Gasteiger charge is 2.16. The van der Waals surface area contributed by atoms with Gasteiger partial charge in [-0.3, -0.25) is 0 Å². The van der Waals surface area contributed by atoms with E-state index in [0.717, 1.165) is 43.1 Å². The van der Waals surface area contributed by atoms with Gasteiger partial charge in [-0.25, -0.2) is 4.98 Å². The molecule has 0 aromatic carbocycles. The van der Waals surface area contributed by atoms with Gasteiger partial charge in [0.05, 0.1) is 6.61 Å². The van der Waals surface area contributed by atoms with Crippen LogP contribution in [0.2, 0.25) is 0 Å². The van der Waals surface area contributed by atoms with Crippen LogP contribution < -0.4 is 20.3 Å². The summed E-state index contributed by atoms with van der Waals surface area (Å²) in [5.41, 5.74) is 1.74. The van der Waals surface area contributed by atoms with E-state index in [2.05, 4.69) is 30.5 Å². The molecule has 0 radical (unpaired) electrons. The number of aliphatic hydroxyl groups excluding tert-OH is 1. The summed E-state index contributed by atoms with van der Waals surface area (Å²) in [5, 5.41) is 15.5. The van der Waals surface area contributed by atoms with Crippen LogP contribution in [0.3, 0.4) is 0 Å². The highest BCUT2D eigenvalue weighted by molar-refractivity contribution is 5.65. The first-order valence-electron chi connectivity index (χ1n) is 10.6. The molecule has 4 aromatic heterocycles. The minimum atomic E-state index is -0.0695. The lowest BCUT2D eigenvalue weighted by atomic mass is 10.3. The van der Waals surface area contributed by atoms with E-state index in [-0.39, 0.29) is 13.2 Å². The average Bonchev–Trinajstić information content (AvgIpc) is 3.50. The molecule has 0 unspecified atom stereocenters. The first-order chi connectivity index (χ1) is 15.8. The Morgan fingerprint density at radius 1 is 0.969 bits per heavy atom. The molecular formula is C22H24N8O2. The molecule has 32 heavy (non-hydrogen) atoms. The molecule has 4 aromatic rings. The van der Waals surface area contributed by atoms with E-state index in [1.54, 1.807) is 12.3 Å². The van der Waals surface area contributed by atoms with Crippen molar-refractivity contribution in [1.29, 1.82) is 0 Å². The van der Waals surface area contributed by atoms with Crippen LogP contribution in [0.25, 0.3) is 5.65 Å². The van der Waals surface area contributed by atoms with Gasteiger partial charge in [0.25, 0.3) is 0 Å². The molecule has 0 bridgehead atoms. The Morgan fingerprint density at radius 2 is 1.88 bits per heavy atom. The molecule has 3 N–H and O–H groups in total. The number of pyridine rings is 2. The standard InChI is InChI=1S/C22H24N8O2/c31-12-13-32-21-5-3-4-17(25-21)26-22-27-18(15-20(28-22)29-8-1-2-9-29)24-16-6-10-30-11-7-23-19(30)14-16/h3-7,10-11,14-15,31H,1-2,8-9,12-13H2,(H2,24,25,26,27,28). The monoisotopic (exact) mass is 432 g/mol. The number of hydrogen-bond donors (Lipinski definition) is 3. The number of nitrogens with one attached hydrogen (secondary N) is 2. The molecule has 1 saturated heterocycles. The molecule has 0 amide bonds. The Kier molecular flexibility index (Phi) is 5.67. The Morgan fingerprint density at radius 3 is 2.75 bits per heavy atom. The number of aliphatic hydroxyl groups is 1. The van der Waals surface area contributed by atoms with Crippen LogP contribution in [0.15, 0.2) is 55.0 Å². The van der Waals surface area contributed by atoms with Gasteiger partial charge in [0.2, 0.25) is 11.8 Å². The molecule has 0 saturated carbocycles. The summed E-state index contributed by atoms with van der Waals surface area (Å²) in [6, 6.07) is 11.3. The second kappa shape index (κ2) is 9.06. The van der Waals surface area contributed by atoms with Crippen molar-refractivity contribution in [1.82, 2.24) is 24.3 Å². The Balaban J connectivity index is 1.43. The van der Waals surface area contributed by atoms with E-state index in [1.807, 2.05) is 47.1 Å². The van der Waals surface area contributed by atoms with E-state index in [1.165, 1.54) is 0 Å². The maximum absolute atomic E-state index is 8.96. The van der Waals surface area contributed by atoms with E-state index in [4.69, 9.17) is 14.8 Å². The molecule has 5 rings (SSSR count). The van der Waals surface area contributed by atoms with Gasteiger partial charge in [-0.1, -0.05) is 6.07 Å². The third-order valence-electron chi connectivity index (χ3n) is 5.12. The lowest BCUT2D eigenvalue weighted by Crippen LogP contribution is -2.20.